The molecule has 0 aliphatic carbocycles. The second-order valence-electron chi connectivity index (χ2n) is 7.15. The molecule has 1 saturated heterocycles. The van der Waals surface area contributed by atoms with Crippen molar-refractivity contribution in [3.8, 4) is 6.07 Å². The number of carbonyl (C=O) groups excluding carboxylic acids is 2. The van der Waals surface area contributed by atoms with E-state index in [0.717, 1.165) is 0 Å². The fourth-order valence-electron chi connectivity index (χ4n) is 3.06. The first kappa shape index (κ1) is 21.6. The summed E-state index contributed by atoms with van der Waals surface area (Å²) in [5.74, 6) is -0.158. The quantitative estimate of drug-likeness (QED) is 0.545. The van der Waals surface area contributed by atoms with Crippen molar-refractivity contribution >= 4 is 33.9 Å². The lowest BCUT2D eigenvalue weighted by molar-refractivity contribution is 0.0767. The van der Waals surface area contributed by atoms with Crippen molar-refractivity contribution in [2.45, 2.75) is 19.4 Å². The summed E-state index contributed by atoms with van der Waals surface area (Å²) in [5.41, 5.74) is 6.73. The Morgan fingerprint density at radius 3 is 2.50 bits per heavy atom. The standard InChI is InChI=1S/C19H24N6O4S/c1-13(6-7-20)25-12-16(17(21)26)18(23-25)22-15-4-2-14(3-5-15)19(27)24-8-10-30(28,29)11-9-24/h2-5,12-13,28-29H,6,8-11H2,1H3,(H2,21,26)(H,22,23). The summed E-state index contributed by atoms with van der Waals surface area (Å²) in [6.07, 6.45) is 1.74. The monoisotopic (exact) mass is 432 g/mol. The minimum Gasteiger partial charge on any atom is -0.365 e. The fourth-order valence-corrected chi connectivity index (χ4v) is 4.29. The van der Waals surface area contributed by atoms with Gasteiger partial charge in [-0.3, -0.25) is 23.4 Å². The third-order valence-corrected chi connectivity index (χ3v) is 6.57. The van der Waals surface area contributed by atoms with E-state index in [-0.39, 0.29) is 41.3 Å². The maximum absolute atomic E-state index is 12.6. The molecule has 3 rings (SSSR count). The van der Waals surface area contributed by atoms with Gasteiger partial charge in [0.15, 0.2) is 5.82 Å². The number of nitrogens with zero attached hydrogens (tertiary/aromatic N) is 4. The van der Waals surface area contributed by atoms with Crippen molar-refractivity contribution in [1.82, 2.24) is 14.7 Å². The van der Waals surface area contributed by atoms with Crippen LogP contribution in [0, 0.1) is 11.3 Å². The summed E-state index contributed by atoms with van der Waals surface area (Å²) in [7, 11) is -2.56. The Morgan fingerprint density at radius 2 is 1.93 bits per heavy atom. The van der Waals surface area contributed by atoms with Gasteiger partial charge in [-0.2, -0.15) is 21.0 Å². The predicted octanol–water partition coefficient (Wildman–Crippen LogP) is 2.41. The van der Waals surface area contributed by atoms with Crippen LogP contribution in [0.2, 0.25) is 0 Å². The highest BCUT2D eigenvalue weighted by Gasteiger charge is 2.26. The zero-order valence-electron chi connectivity index (χ0n) is 16.5. The van der Waals surface area contributed by atoms with Gasteiger partial charge in [0.25, 0.3) is 11.8 Å². The van der Waals surface area contributed by atoms with E-state index in [1.165, 1.54) is 10.9 Å². The van der Waals surface area contributed by atoms with E-state index in [2.05, 4.69) is 16.5 Å². The number of hydrogen-bond donors (Lipinski definition) is 4. The average Bonchev–Trinajstić information content (AvgIpc) is 3.12. The van der Waals surface area contributed by atoms with Crippen molar-refractivity contribution in [3.63, 3.8) is 0 Å². The molecule has 1 aromatic carbocycles. The molecule has 1 fully saturated rings. The summed E-state index contributed by atoms with van der Waals surface area (Å²) in [4.78, 5) is 26.0. The maximum atomic E-state index is 12.6. The zero-order valence-corrected chi connectivity index (χ0v) is 17.3. The molecule has 30 heavy (non-hydrogen) atoms. The molecule has 11 heteroatoms. The molecule has 2 heterocycles. The molecule has 160 valence electrons. The normalized spacial score (nSPS) is 17.6. The highest BCUT2D eigenvalue weighted by molar-refractivity contribution is 8.24. The van der Waals surface area contributed by atoms with Crippen LogP contribution in [0.4, 0.5) is 11.5 Å². The summed E-state index contributed by atoms with van der Waals surface area (Å²) < 4.78 is 20.9. The molecular formula is C19H24N6O4S. The van der Waals surface area contributed by atoms with Crippen molar-refractivity contribution in [1.29, 1.82) is 5.26 Å². The molecule has 1 aromatic heterocycles. The topological polar surface area (TPSA) is 158 Å². The minimum absolute atomic E-state index is 0.177. The van der Waals surface area contributed by atoms with Gasteiger partial charge in [-0.15, -0.1) is 0 Å². The van der Waals surface area contributed by atoms with Crippen LogP contribution in [-0.4, -0.2) is 60.2 Å². The van der Waals surface area contributed by atoms with E-state index in [9.17, 15) is 18.7 Å². The van der Waals surface area contributed by atoms with Crippen LogP contribution in [-0.2, 0) is 0 Å². The van der Waals surface area contributed by atoms with Crippen molar-refractivity contribution < 1.29 is 18.7 Å². The molecule has 10 nitrogen and oxygen atoms in total. The van der Waals surface area contributed by atoms with Crippen LogP contribution in [0.1, 0.15) is 40.1 Å². The van der Waals surface area contributed by atoms with Crippen LogP contribution in [0.25, 0.3) is 0 Å². The highest BCUT2D eigenvalue weighted by Crippen LogP contribution is 2.40. The summed E-state index contributed by atoms with van der Waals surface area (Å²) in [6.45, 7) is 2.42. The first-order valence-electron chi connectivity index (χ1n) is 9.36. The van der Waals surface area contributed by atoms with Crippen molar-refractivity contribution in [2.75, 3.05) is 29.9 Å². The average molecular weight is 433 g/mol. The molecule has 1 aliphatic heterocycles. The van der Waals surface area contributed by atoms with Crippen LogP contribution in [0.3, 0.4) is 0 Å². The highest BCUT2D eigenvalue weighted by atomic mass is 32.3. The van der Waals surface area contributed by atoms with Crippen molar-refractivity contribution in [2.24, 2.45) is 5.73 Å². The first-order valence-corrected chi connectivity index (χ1v) is 11.2. The van der Waals surface area contributed by atoms with Gasteiger partial charge in [0, 0.05) is 30.5 Å². The number of rotatable bonds is 6. The first-order chi connectivity index (χ1) is 14.2. The van der Waals surface area contributed by atoms with Gasteiger partial charge in [0.2, 0.25) is 0 Å². The van der Waals surface area contributed by atoms with Gasteiger partial charge in [0.05, 0.1) is 30.0 Å². The summed E-state index contributed by atoms with van der Waals surface area (Å²) >= 11 is 0. The largest absolute Gasteiger partial charge is 0.365 e. The SMILES string of the molecule is CC(CC#N)n1cc(C(N)=O)c(Nc2ccc(C(=O)N3CCS(O)(O)CC3)cc2)n1. The Bertz CT molecular complexity index is 972. The van der Waals surface area contributed by atoms with Crippen LogP contribution in [0.15, 0.2) is 30.5 Å². The number of aromatic nitrogens is 2. The Hall–Kier alpha value is -3.07. The number of anilines is 2. The van der Waals surface area contributed by atoms with Gasteiger partial charge in [-0.05, 0) is 31.2 Å². The second kappa shape index (κ2) is 8.74. The van der Waals surface area contributed by atoms with Crippen LogP contribution < -0.4 is 11.1 Å². The van der Waals surface area contributed by atoms with Gasteiger partial charge < -0.3 is 16.0 Å². The lowest BCUT2D eigenvalue weighted by Gasteiger charge is -2.40. The zero-order chi connectivity index (χ0) is 21.9. The Kier molecular flexibility index (Phi) is 6.31. The van der Waals surface area contributed by atoms with Crippen LogP contribution in [0.5, 0.6) is 0 Å². The van der Waals surface area contributed by atoms with Gasteiger partial charge >= 0.3 is 0 Å². The van der Waals surface area contributed by atoms with E-state index in [1.54, 1.807) is 29.2 Å². The molecule has 5 N–H and O–H groups in total. The third-order valence-electron chi connectivity index (χ3n) is 4.89. The number of primary amides is 1. The number of nitrogens with one attached hydrogen (secondary N) is 1. The number of carbonyl (C=O) groups is 2. The molecule has 0 spiro atoms. The smallest absolute Gasteiger partial charge is 0.254 e. The van der Waals surface area contributed by atoms with Gasteiger partial charge in [-0.1, -0.05) is 0 Å². The summed E-state index contributed by atoms with van der Waals surface area (Å²) in [6, 6.07) is 8.52. The molecular weight excluding hydrogens is 408 g/mol. The molecule has 2 aromatic rings. The number of hydrogen-bond acceptors (Lipinski definition) is 7. The van der Waals surface area contributed by atoms with Crippen LogP contribution >= 0.6 is 10.6 Å². The predicted molar refractivity (Wildman–Crippen MR) is 114 cm³/mol. The minimum atomic E-state index is -2.56. The number of nitriles is 1. The third kappa shape index (κ3) is 4.91. The molecule has 2 amide bonds. The van der Waals surface area contributed by atoms with Gasteiger partial charge in [-0.25, -0.2) is 0 Å². The van der Waals surface area contributed by atoms with E-state index in [1.807, 2.05) is 6.92 Å². The van der Waals surface area contributed by atoms with E-state index < -0.39 is 16.5 Å². The van der Waals surface area contributed by atoms with Gasteiger partial charge in [0.1, 0.15) is 5.56 Å². The molecule has 1 aliphatic rings. The number of nitrogens with two attached hydrogens (primary N) is 1. The lowest BCUT2D eigenvalue weighted by Crippen LogP contribution is -2.42. The molecule has 0 bridgehead atoms. The van der Waals surface area contributed by atoms with Crippen molar-refractivity contribution in [3.05, 3.63) is 41.6 Å². The summed E-state index contributed by atoms with van der Waals surface area (Å²) in [5, 5.41) is 16.2. The van der Waals surface area contributed by atoms with E-state index >= 15 is 0 Å². The molecule has 0 saturated carbocycles. The fraction of sp³-hybridized carbons (Fsp3) is 0.368. The van der Waals surface area contributed by atoms with E-state index in [4.69, 9.17) is 11.0 Å². The Balaban J connectivity index is 1.72. The second-order valence-corrected chi connectivity index (χ2v) is 9.57. The Morgan fingerprint density at radius 1 is 1.30 bits per heavy atom. The number of benzene rings is 1. The number of amides is 2. The maximum Gasteiger partial charge on any atom is 0.254 e. The lowest BCUT2D eigenvalue weighted by atomic mass is 10.1. The molecule has 1 atom stereocenters. The Labute approximate surface area is 175 Å². The molecule has 1 unspecified atom stereocenters. The van der Waals surface area contributed by atoms with E-state index in [0.29, 0.717) is 24.3 Å². The molecule has 0 radical (unpaired) electrons.